The second-order valence-electron chi connectivity index (χ2n) is 4.37. The number of aromatic hydroxyl groups is 1. The Morgan fingerprint density at radius 1 is 1.52 bits per heavy atom. The Hall–Kier alpha value is -1.76. The van der Waals surface area contributed by atoms with Crippen molar-refractivity contribution in [1.82, 2.24) is 4.57 Å². The molecule has 1 aromatic carbocycles. The van der Waals surface area contributed by atoms with Crippen LogP contribution in [0.1, 0.15) is 4.88 Å². The lowest BCUT2D eigenvalue weighted by atomic mass is 10.1. The number of nitrogens with zero attached hydrogens (tertiary/aromatic N) is 2. The fraction of sp³-hybridized carbons (Fsp3) is 0.0714. The molecule has 1 aliphatic heterocycles. The van der Waals surface area contributed by atoms with Crippen LogP contribution in [-0.2, 0) is 11.3 Å². The Labute approximate surface area is 134 Å². The first-order valence-electron chi connectivity index (χ1n) is 5.99. The lowest BCUT2D eigenvalue weighted by Gasteiger charge is -2.01. The zero-order valence-electron chi connectivity index (χ0n) is 10.7. The third-order valence-electron chi connectivity index (χ3n) is 3.07. The Morgan fingerprint density at radius 2 is 2.29 bits per heavy atom. The summed E-state index contributed by atoms with van der Waals surface area (Å²) in [6, 6.07) is 5.02. The third-order valence-corrected chi connectivity index (χ3v) is 4.76. The molecule has 0 saturated heterocycles. The first kappa shape index (κ1) is 14.2. The molecule has 0 spiro atoms. The summed E-state index contributed by atoms with van der Waals surface area (Å²) in [6.07, 6.45) is 1.63. The van der Waals surface area contributed by atoms with E-state index in [1.807, 2.05) is 0 Å². The molecule has 21 heavy (non-hydrogen) atoms. The monoisotopic (exact) mass is 336 g/mol. The quantitative estimate of drug-likeness (QED) is 0.690. The van der Waals surface area contributed by atoms with E-state index in [9.17, 15) is 9.90 Å². The van der Waals surface area contributed by atoms with Crippen LogP contribution in [0.5, 0.6) is 5.88 Å². The molecule has 4 nitrogen and oxygen atoms in total. The molecule has 2 aromatic rings. The number of fused-ring (bicyclic) bond motifs is 1. The second kappa shape index (κ2) is 5.22. The van der Waals surface area contributed by atoms with Crippen molar-refractivity contribution in [3.63, 3.8) is 0 Å². The van der Waals surface area contributed by atoms with Gasteiger partial charge in [-0.2, -0.15) is 0 Å². The number of hydrogen-bond donors (Lipinski definition) is 1. The first-order chi connectivity index (χ1) is 10.0. The van der Waals surface area contributed by atoms with E-state index in [0.717, 1.165) is 0 Å². The normalized spacial score (nSPS) is 13.2. The lowest BCUT2D eigenvalue weighted by Crippen LogP contribution is -2.22. The maximum atomic E-state index is 12.2. The number of thiazole rings is 1. The molecule has 0 atom stereocenters. The van der Waals surface area contributed by atoms with Crippen molar-refractivity contribution in [2.75, 3.05) is 0 Å². The fourth-order valence-electron chi connectivity index (χ4n) is 2.16. The Morgan fingerprint density at radius 3 is 3.00 bits per heavy atom. The highest BCUT2D eigenvalue weighted by molar-refractivity contribution is 7.73. The van der Waals surface area contributed by atoms with E-state index in [1.165, 1.54) is 15.9 Å². The van der Waals surface area contributed by atoms with Crippen LogP contribution >= 0.6 is 35.2 Å². The van der Waals surface area contributed by atoms with E-state index in [0.29, 0.717) is 36.5 Å². The Kier molecular flexibility index (Phi) is 3.52. The number of benzene rings is 1. The van der Waals surface area contributed by atoms with E-state index in [4.69, 9.17) is 23.8 Å². The van der Waals surface area contributed by atoms with Gasteiger partial charge in [-0.3, -0.25) is 9.36 Å². The van der Waals surface area contributed by atoms with Crippen molar-refractivity contribution >= 4 is 46.6 Å². The molecule has 3 rings (SSSR count). The maximum absolute atomic E-state index is 12.2. The van der Waals surface area contributed by atoms with Crippen molar-refractivity contribution in [3.8, 4) is 5.88 Å². The van der Waals surface area contributed by atoms with Crippen LogP contribution in [0.15, 0.2) is 35.8 Å². The van der Waals surface area contributed by atoms with Crippen molar-refractivity contribution in [1.29, 1.82) is 0 Å². The van der Waals surface area contributed by atoms with Gasteiger partial charge in [-0.15, -0.1) is 17.9 Å². The average Bonchev–Trinajstić information content (AvgIpc) is 2.89. The molecule has 1 N–H and O–H groups in total. The zero-order valence-corrected chi connectivity index (χ0v) is 13.1. The number of allylic oxidation sites excluding steroid dienone is 1. The fourth-order valence-corrected chi connectivity index (χ4v) is 3.69. The number of halogens is 1. The van der Waals surface area contributed by atoms with Gasteiger partial charge in [0.05, 0.1) is 10.9 Å². The number of carbonyl (C=O) groups excluding carboxylic acids is 1. The summed E-state index contributed by atoms with van der Waals surface area (Å²) in [5.41, 5.74) is 0.337. The molecule has 1 aromatic heterocycles. The number of carbonyl (C=O) groups is 1. The van der Waals surface area contributed by atoms with Crippen molar-refractivity contribution in [2.45, 2.75) is 6.54 Å². The van der Waals surface area contributed by atoms with E-state index < -0.39 is 5.91 Å². The van der Waals surface area contributed by atoms with Crippen molar-refractivity contribution in [2.24, 2.45) is 4.99 Å². The zero-order chi connectivity index (χ0) is 15.1. The van der Waals surface area contributed by atoms with Gasteiger partial charge in [0.25, 0.3) is 5.91 Å². The number of amides is 1. The van der Waals surface area contributed by atoms with Crippen LogP contribution in [0, 0.1) is 3.95 Å². The number of rotatable bonds is 3. The molecule has 1 amide bonds. The van der Waals surface area contributed by atoms with Gasteiger partial charge in [-0.05, 0) is 30.4 Å². The van der Waals surface area contributed by atoms with Gasteiger partial charge in [-0.1, -0.05) is 17.7 Å². The summed E-state index contributed by atoms with van der Waals surface area (Å²) in [6.45, 7) is 4.00. The van der Waals surface area contributed by atoms with Crippen LogP contribution in [0.4, 0.5) is 0 Å². The van der Waals surface area contributed by atoms with Crippen LogP contribution in [-0.4, -0.2) is 15.6 Å². The van der Waals surface area contributed by atoms with Gasteiger partial charge in [0.1, 0.15) is 4.88 Å². The molecule has 1 aliphatic rings. The predicted octanol–water partition coefficient (Wildman–Crippen LogP) is 2.18. The molecular formula is C14H9ClN2O2S2. The topological polar surface area (TPSA) is 54.6 Å². The summed E-state index contributed by atoms with van der Waals surface area (Å²) in [5, 5.41) is 12.0. The van der Waals surface area contributed by atoms with Crippen LogP contribution < -0.4 is 10.6 Å². The van der Waals surface area contributed by atoms with E-state index in [-0.39, 0.29) is 5.88 Å². The van der Waals surface area contributed by atoms with E-state index in [2.05, 4.69) is 11.6 Å². The van der Waals surface area contributed by atoms with E-state index in [1.54, 1.807) is 24.3 Å². The molecule has 0 saturated carbocycles. The molecular weight excluding hydrogens is 328 g/mol. The highest BCUT2D eigenvalue weighted by Gasteiger charge is 2.25. The van der Waals surface area contributed by atoms with Gasteiger partial charge >= 0.3 is 0 Å². The average molecular weight is 337 g/mol. The molecule has 0 unspecified atom stereocenters. The molecule has 7 heteroatoms. The number of aromatic nitrogens is 1. The summed E-state index contributed by atoms with van der Waals surface area (Å²) in [4.78, 5) is 16.5. The van der Waals surface area contributed by atoms with Crippen molar-refractivity contribution < 1.29 is 9.90 Å². The maximum Gasteiger partial charge on any atom is 0.279 e. The summed E-state index contributed by atoms with van der Waals surface area (Å²) in [5.74, 6) is -0.444. The van der Waals surface area contributed by atoms with Crippen molar-refractivity contribution in [3.05, 3.63) is 55.3 Å². The minimum atomic E-state index is -0.399. The Balaban J connectivity index is 2.36. The van der Waals surface area contributed by atoms with Crippen LogP contribution in [0.25, 0.3) is 5.57 Å². The first-order valence-corrected chi connectivity index (χ1v) is 7.60. The minimum Gasteiger partial charge on any atom is -0.493 e. The second-order valence-corrected chi connectivity index (χ2v) is 6.45. The van der Waals surface area contributed by atoms with E-state index >= 15 is 0 Å². The summed E-state index contributed by atoms with van der Waals surface area (Å²) < 4.78 is 1.99. The van der Waals surface area contributed by atoms with Gasteiger partial charge in [0.15, 0.2) is 3.95 Å². The lowest BCUT2D eigenvalue weighted by molar-refractivity contribution is -0.112. The van der Waals surface area contributed by atoms with Gasteiger partial charge in [0.2, 0.25) is 5.88 Å². The van der Waals surface area contributed by atoms with Gasteiger partial charge < -0.3 is 5.11 Å². The third kappa shape index (κ3) is 2.25. The van der Waals surface area contributed by atoms with Gasteiger partial charge in [0, 0.05) is 16.8 Å². The van der Waals surface area contributed by atoms with Gasteiger partial charge in [-0.25, -0.2) is 4.99 Å². The summed E-state index contributed by atoms with van der Waals surface area (Å²) >= 11 is 12.4. The molecule has 0 radical (unpaired) electrons. The minimum absolute atomic E-state index is 0.0451. The van der Waals surface area contributed by atoms with Crippen LogP contribution in [0.3, 0.4) is 0 Å². The predicted molar refractivity (Wildman–Crippen MR) is 84.8 cm³/mol. The SMILES string of the molecule is C=CCn1c(O)c(C2=c3cc(Cl)ccc3=NC2=O)sc1=S. The standard InChI is InChI=1S/C14H9ClN2O2S2/c1-2-5-17-13(19)11(21-14(17)20)10-8-6-7(15)3-4-9(8)16-12(10)18/h2-4,6,19H,1,5H2. The molecule has 106 valence electrons. The smallest absolute Gasteiger partial charge is 0.279 e. The molecule has 2 heterocycles. The Bertz CT molecular complexity index is 956. The largest absolute Gasteiger partial charge is 0.493 e. The molecule has 0 aliphatic carbocycles. The highest BCUT2D eigenvalue weighted by Crippen LogP contribution is 2.32. The molecule has 0 fully saturated rings. The highest BCUT2D eigenvalue weighted by atomic mass is 35.5. The summed E-state index contributed by atoms with van der Waals surface area (Å²) in [7, 11) is 0. The van der Waals surface area contributed by atoms with Crippen LogP contribution in [0.2, 0.25) is 5.02 Å². The molecule has 0 bridgehead atoms. The number of hydrogen-bond acceptors (Lipinski definition) is 4.